The van der Waals surface area contributed by atoms with Crippen molar-refractivity contribution < 1.29 is 9.90 Å². The average molecular weight is 288 g/mol. The van der Waals surface area contributed by atoms with Crippen molar-refractivity contribution in [3.05, 3.63) is 41.2 Å². The number of aryl methyl sites for hydroxylation is 2. The lowest BCUT2D eigenvalue weighted by molar-refractivity contribution is -0.116. The zero-order valence-corrected chi connectivity index (χ0v) is 12.5. The second-order valence-corrected chi connectivity index (χ2v) is 5.03. The number of benzene rings is 1. The summed E-state index contributed by atoms with van der Waals surface area (Å²) in [6, 6.07) is 5.95. The third-order valence-electron chi connectivity index (χ3n) is 3.29. The van der Waals surface area contributed by atoms with Gasteiger partial charge in [0.05, 0.1) is 12.3 Å². The molecular formula is C15H20N4O2. The highest BCUT2D eigenvalue weighted by Crippen LogP contribution is 2.21. The summed E-state index contributed by atoms with van der Waals surface area (Å²) in [5, 5.41) is 20.0. The lowest BCUT2D eigenvalue weighted by atomic mass is 10.1. The van der Waals surface area contributed by atoms with Crippen molar-refractivity contribution in [2.45, 2.75) is 39.8 Å². The number of aliphatic hydroxyl groups is 1. The number of nitrogens with zero attached hydrogens (tertiary/aromatic N) is 3. The number of carbonyl (C=O) groups excluding carboxylic acids is 1. The number of aliphatic hydroxyl groups excluding tert-OH is 1. The predicted molar refractivity (Wildman–Crippen MR) is 79.8 cm³/mol. The number of hydrogen-bond donors (Lipinski definition) is 2. The van der Waals surface area contributed by atoms with Gasteiger partial charge in [0.1, 0.15) is 12.2 Å². The highest BCUT2D eigenvalue weighted by atomic mass is 16.3. The van der Waals surface area contributed by atoms with E-state index < -0.39 is 6.10 Å². The van der Waals surface area contributed by atoms with Gasteiger partial charge in [0.25, 0.3) is 0 Å². The Morgan fingerprint density at radius 2 is 2.24 bits per heavy atom. The summed E-state index contributed by atoms with van der Waals surface area (Å²) >= 11 is 0. The first-order chi connectivity index (χ1) is 10.0. The van der Waals surface area contributed by atoms with Crippen molar-refractivity contribution in [3.8, 4) is 0 Å². The number of para-hydroxylation sites is 1. The highest BCUT2D eigenvalue weighted by molar-refractivity contribution is 5.92. The first-order valence-corrected chi connectivity index (χ1v) is 6.97. The zero-order valence-electron chi connectivity index (χ0n) is 12.5. The molecule has 1 heterocycles. The average Bonchev–Trinajstić information content (AvgIpc) is 2.89. The Balaban J connectivity index is 2.08. The number of amides is 1. The van der Waals surface area contributed by atoms with Gasteiger partial charge in [-0.1, -0.05) is 30.3 Å². The second-order valence-electron chi connectivity index (χ2n) is 5.03. The van der Waals surface area contributed by atoms with E-state index in [0.29, 0.717) is 5.69 Å². The molecule has 0 spiro atoms. The summed E-state index contributed by atoms with van der Waals surface area (Å²) in [5.74, 6) is -0.166. The fourth-order valence-electron chi connectivity index (χ4n) is 2.11. The third kappa shape index (κ3) is 3.66. The number of hydrogen-bond acceptors (Lipinski definition) is 4. The molecule has 1 amide bonds. The quantitative estimate of drug-likeness (QED) is 0.879. The summed E-state index contributed by atoms with van der Waals surface area (Å²) in [7, 11) is 0. The smallest absolute Gasteiger partial charge is 0.246 e. The molecule has 0 fully saturated rings. The van der Waals surface area contributed by atoms with Gasteiger partial charge in [0, 0.05) is 5.69 Å². The molecule has 0 aliphatic heterocycles. The van der Waals surface area contributed by atoms with E-state index in [-0.39, 0.29) is 12.5 Å². The van der Waals surface area contributed by atoms with Gasteiger partial charge >= 0.3 is 0 Å². The maximum atomic E-state index is 12.1. The van der Waals surface area contributed by atoms with Crippen LogP contribution in [0.25, 0.3) is 0 Å². The number of nitrogens with one attached hydrogen (secondary N) is 1. The third-order valence-corrected chi connectivity index (χ3v) is 3.29. The molecule has 0 bridgehead atoms. The van der Waals surface area contributed by atoms with Gasteiger partial charge < -0.3 is 10.4 Å². The van der Waals surface area contributed by atoms with Crippen molar-refractivity contribution in [2.75, 3.05) is 5.32 Å². The van der Waals surface area contributed by atoms with Gasteiger partial charge in [0.2, 0.25) is 5.91 Å². The van der Waals surface area contributed by atoms with Crippen molar-refractivity contribution in [1.82, 2.24) is 15.0 Å². The van der Waals surface area contributed by atoms with E-state index in [2.05, 4.69) is 22.6 Å². The van der Waals surface area contributed by atoms with Gasteiger partial charge in [-0.3, -0.25) is 4.79 Å². The van der Waals surface area contributed by atoms with Crippen LogP contribution in [0.2, 0.25) is 0 Å². The minimum atomic E-state index is -0.690. The molecule has 0 aliphatic carbocycles. The summed E-state index contributed by atoms with van der Waals surface area (Å²) in [6.07, 6.45) is 1.74. The minimum absolute atomic E-state index is 0.0667. The fraction of sp³-hybridized carbons (Fsp3) is 0.400. The number of rotatable bonds is 5. The topological polar surface area (TPSA) is 80.0 Å². The van der Waals surface area contributed by atoms with Crippen LogP contribution in [-0.2, 0) is 17.8 Å². The van der Waals surface area contributed by atoms with Crippen LogP contribution >= 0.6 is 0 Å². The summed E-state index contributed by atoms with van der Waals surface area (Å²) in [6.45, 7) is 5.69. The van der Waals surface area contributed by atoms with Crippen LogP contribution in [0.5, 0.6) is 0 Å². The van der Waals surface area contributed by atoms with Gasteiger partial charge in [-0.25, -0.2) is 4.68 Å². The van der Waals surface area contributed by atoms with Crippen molar-refractivity contribution in [1.29, 1.82) is 0 Å². The van der Waals surface area contributed by atoms with E-state index in [9.17, 15) is 9.90 Å². The molecule has 0 radical (unpaired) electrons. The van der Waals surface area contributed by atoms with Gasteiger partial charge in [0.15, 0.2) is 0 Å². The molecular weight excluding hydrogens is 268 g/mol. The Labute approximate surface area is 123 Å². The molecule has 21 heavy (non-hydrogen) atoms. The lowest BCUT2D eigenvalue weighted by Crippen LogP contribution is -2.20. The standard InChI is InChI=1S/C15H20N4O2/c1-4-12-7-5-6-10(2)15(12)16-14(21)9-19-8-13(11(3)20)17-18-19/h5-8,11,20H,4,9H2,1-3H3,(H,16,21). The predicted octanol–water partition coefficient (Wildman–Crippen LogP) is 1.84. The molecule has 1 atom stereocenters. The number of carbonyl (C=O) groups is 1. The monoisotopic (exact) mass is 288 g/mol. The Morgan fingerprint density at radius 1 is 1.48 bits per heavy atom. The molecule has 0 aliphatic rings. The molecule has 0 saturated heterocycles. The second kappa shape index (κ2) is 6.49. The molecule has 6 nitrogen and oxygen atoms in total. The molecule has 112 valence electrons. The van der Waals surface area contributed by atoms with E-state index in [1.165, 1.54) is 4.68 Å². The Hall–Kier alpha value is -2.21. The summed E-state index contributed by atoms with van der Waals surface area (Å²) in [5.41, 5.74) is 3.45. The Kier molecular flexibility index (Phi) is 4.70. The fourth-order valence-corrected chi connectivity index (χ4v) is 2.11. The summed E-state index contributed by atoms with van der Waals surface area (Å²) in [4.78, 5) is 12.1. The lowest BCUT2D eigenvalue weighted by Gasteiger charge is -2.12. The van der Waals surface area contributed by atoms with E-state index in [0.717, 1.165) is 23.2 Å². The van der Waals surface area contributed by atoms with Crippen LogP contribution in [0.4, 0.5) is 5.69 Å². The molecule has 1 aromatic heterocycles. The molecule has 2 aromatic rings. The Bertz CT molecular complexity index is 634. The maximum absolute atomic E-state index is 12.1. The van der Waals surface area contributed by atoms with Crippen LogP contribution in [0.3, 0.4) is 0 Å². The minimum Gasteiger partial charge on any atom is -0.387 e. The molecule has 0 saturated carbocycles. The van der Waals surface area contributed by atoms with Crippen LogP contribution < -0.4 is 5.32 Å². The highest BCUT2D eigenvalue weighted by Gasteiger charge is 2.11. The van der Waals surface area contributed by atoms with Crippen LogP contribution in [0, 0.1) is 6.92 Å². The van der Waals surface area contributed by atoms with Gasteiger partial charge in [-0.05, 0) is 31.4 Å². The Morgan fingerprint density at radius 3 is 2.86 bits per heavy atom. The van der Waals surface area contributed by atoms with Crippen molar-refractivity contribution in [2.24, 2.45) is 0 Å². The number of aromatic nitrogens is 3. The first kappa shape index (κ1) is 15.2. The van der Waals surface area contributed by atoms with Gasteiger partial charge in [-0.2, -0.15) is 0 Å². The molecule has 6 heteroatoms. The van der Waals surface area contributed by atoms with Gasteiger partial charge in [-0.15, -0.1) is 5.10 Å². The SMILES string of the molecule is CCc1cccc(C)c1NC(=O)Cn1cc(C(C)O)nn1. The molecule has 1 unspecified atom stereocenters. The normalized spacial score (nSPS) is 12.2. The van der Waals surface area contributed by atoms with E-state index in [4.69, 9.17) is 0 Å². The molecule has 2 N–H and O–H groups in total. The molecule has 1 aromatic carbocycles. The van der Waals surface area contributed by atoms with Crippen molar-refractivity contribution >= 4 is 11.6 Å². The zero-order chi connectivity index (χ0) is 15.4. The maximum Gasteiger partial charge on any atom is 0.246 e. The first-order valence-electron chi connectivity index (χ1n) is 6.97. The molecule has 2 rings (SSSR count). The van der Waals surface area contributed by atoms with Crippen molar-refractivity contribution in [3.63, 3.8) is 0 Å². The number of anilines is 1. The van der Waals surface area contributed by atoms with Crippen LogP contribution in [-0.4, -0.2) is 26.0 Å². The van der Waals surface area contributed by atoms with E-state index in [1.807, 2.05) is 25.1 Å². The van der Waals surface area contributed by atoms with Crippen LogP contribution in [0.1, 0.15) is 36.8 Å². The van der Waals surface area contributed by atoms with E-state index >= 15 is 0 Å². The largest absolute Gasteiger partial charge is 0.387 e. The van der Waals surface area contributed by atoms with Crippen LogP contribution in [0.15, 0.2) is 24.4 Å². The summed E-state index contributed by atoms with van der Waals surface area (Å²) < 4.78 is 1.42. The van der Waals surface area contributed by atoms with E-state index in [1.54, 1.807) is 13.1 Å².